The number of carbonyl (C=O) groups is 1. The number of amides is 1. The third-order valence-corrected chi connectivity index (χ3v) is 3.89. The Hall–Kier alpha value is -0.530. The van der Waals surface area contributed by atoms with Gasteiger partial charge in [-0.2, -0.15) is 0 Å². The van der Waals surface area contributed by atoms with Crippen LogP contribution in [0.25, 0.3) is 0 Å². The van der Waals surface area contributed by atoms with Crippen molar-refractivity contribution in [2.45, 2.75) is 52.5 Å². The van der Waals surface area contributed by atoms with Crippen molar-refractivity contribution in [2.24, 2.45) is 17.3 Å². The largest absolute Gasteiger partial charge is 0.353 e. The monoisotopic (exact) mass is 195 g/mol. The minimum Gasteiger partial charge on any atom is -0.353 e. The Labute approximate surface area is 86.5 Å². The second kappa shape index (κ2) is 3.25. The Bertz CT molecular complexity index is 245. The smallest absolute Gasteiger partial charge is 0.220 e. The lowest BCUT2D eigenvalue weighted by Gasteiger charge is -2.31. The Balaban J connectivity index is 2.08. The van der Waals surface area contributed by atoms with Gasteiger partial charge in [0.05, 0.1) is 0 Å². The molecule has 0 bridgehead atoms. The summed E-state index contributed by atoms with van der Waals surface area (Å²) in [5.41, 5.74) is 0.265. The molecule has 1 amide bonds. The van der Waals surface area contributed by atoms with E-state index in [0.29, 0.717) is 12.0 Å². The molecule has 0 radical (unpaired) electrons. The van der Waals surface area contributed by atoms with Crippen molar-refractivity contribution in [3.63, 3.8) is 0 Å². The third kappa shape index (κ3) is 1.67. The summed E-state index contributed by atoms with van der Waals surface area (Å²) in [6.07, 6.45) is 4.56. The van der Waals surface area contributed by atoms with Crippen LogP contribution in [0.3, 0.4) is 0 Å². The normalized spacial score (nSPS) is 37.7. The molecule has 0 spiro atoms. The quantitative estimate of drug-likeness (QED) is 0.735. The maximum atomic E-state index is 11.5. The summed E-state index contributed by atoms with van der Waals surface area (Å²) in [6, 6.07) is 0.433. The maximum Gasteiger partial charge on any atom is 0.220 e. The molecule has 0 aromatic rings. The van der Waals surface area contributed by atoms with Gasteiger partial charge in [0.1, 0.15) is 0 Å². The summed E-state index contributed by atoms with van der Waals surface area (Å²) in [4.78, 5) is 11.5. The van der Waals surface area contributed by atoms with E-state index in [1.807, 2.05) is 0 Å². The van der Waals surface area contributed by atoms with Crippen LogP contribution in [0.5, 0.6) is 0 Å². The van der Waals surface area contributed by atoms with Crippen LogP contribution in [0.2, 0.25) is 0 Å². The minimum atomic E-state index is 0.265. The fraction of sp³-hybridized carbons (Fsp3) is 0.917. The minimum absolute atomic E-state index is 0.265. The Kier molecular flexibility index (Phi) is 2.32. The van der Waals surface area contributed by atoms with Crippen LogP contribution in [-0.2, 0) is 4.79 Å². The zero-order valence-corrected chi connectivity index (χ0v) is 9.47. The van der Waals surface area contributed by atoms with Crippen LogP contribution in [0.1, 0.15) is 46.5 Å². The average Bonchev–Trinajstić information content (AvgIpc) is 2.80. The van der Waals surface area contributed by atoms with Gasteiger partial charge in [-0.25, -0.2) is 0 Å². The first-order chi connectivity index (χ1) is 6.52. The van der Waals surface area contributed by atoms with E-state index in [9.17, 15) is 4.79 Å². The van der Waals surface area contributed by atoms with Crippen LogP contribution >= 0.6 is 0 Å². The van der Waals surface area contributed by atoms with Gasteiger partial charge in [0, 0.05) is 12.5 Å². The van der Waals surface area contributed by atoms with Crippen molar-refractivity contribution in [3.8, 4) is 0 Å². The van der Waals surface area contributed by atoms with E-state index in [1.54, 1.807) is 0 Å². The number of nitrogens with one attached hydrogen (secondary N) is 1. The first-order valence-corrected chi connectivity index (χ1v) is 5.81. The summed E-state index contributed by atoms with van der Waals surface area (Å²) in [5, 5.41) is 3.16. The number of hydrogen-bond acceptors (Lipinski definition) is 1. The van der Waals surface area contributed by atoms with Crippen LogP contribution in [0, 0.1) is 17.3 Å². The SMILES string of the molecule is CC(C)CC1NC(=O)CC1(C)C1CC1. The summed E-state index contributed by atoms with van der Waals surface area (Å²) in [6.45, 7) is 6.77. The van der Waals surface area contributed by atoms with Crippen LogP contribution in [-0.4, -0.2) is 11.9 Å². The van der Waals surface area contributed by atoms with Crippen molar-refractivity contribution < 1.29 is 4.79 Å². The zero-order chi connectivity index (χ0) is 10.3. The topological polar surface area (TPSA) is 29.1 Å². The molecule has 2 nitrogen and oxygen atoms in total. The average molecular weight is 195 g/mol. The Morgan fingerprint density at radius 3 is 2.64 bits per heavy atom. The number of rotatable bonds is 3. The molecule has 1 N–H and O–H groups in total. The molecule has 1 saturated heterocycles. The molecule has 0 aromatic heterocycles. The molecule has 2 rings (SSSR count). The van der Waals surface area contributed by atoms with Crippen molar-refractivity contribution in [1.29, 1.82) is 0 Å². The molecule has 1 saturated carbocycles. The van der Waals surface area contributed by atoms with Crippen LogP contribution < -0.4 is 5.32 Å². The second-order valence-corrected chi connectivity index (χ2v) is 5.71. The van der Waals surface area contributed by atoms with Gasteiger partial charge >= 0.3 is 0 Å². The molecule has 2 unspecified atom stereocenters. The van der Waals surface area contributed by atoms with E-state index >= 15 is 0 Å². The van der Waals surface area contributed by atoms with Crippen molar-refractivity contribution in [3.05, 3.63) is 0 Å². The predicted molar refractivity (Wildman–Crippen MR) is 56.8 cm³/mol. The van der Waals surface area contributed by atoms with Gasteiger partial charge < -0.3 is 5.32 Å². The summed E-state index contributed by atoms with van der Waals surface area (Å²) in [7, 11) is 0. The van der Waals surface area contributed by atoms with Gasteiger partial charge in [0.2, 0.25) is 5.91 Å². The highest BCUT2D eigenvalue weighted by Gasteiger charge is 2.51. The molecule has 2 aliphatic rings. The molecule has 2 fully saturated rings. The van der Waals surface area contributed by atoms with Gasteiger partial charge in [-0.15, -0.1) is 0 Å². The molecule has 2 heteroatoms. The highest BCUT2D eigenvalue weighted by atomic mass is 16.2. The van der Waals surface area contributed by atoms with E-state index in [2.05, 4.69) is 26.1 Å². The predicted octanol–water partition coefficient (Wildman–Crippen LogP) is 2.34. The molecular weight excluding hydrogens is 174 g/mol. The maximum absolute atomic E-state index is 11.5. The molecule has 1 heterocycles. The third-order valence-electron chi connectivity index (χ3n) is 3.89. The lowest BCUT2D eigenvalue weighted by molar-refractivity contribution is -0.119. The van der Waals surface area contributed by atoms with E-state index in [-0.39, 0.29) is 11.3 Å². The van der Waals surface area contributed by atoms with Gasteiger partial charge in [0.15, 0.2) is 0 Å². The van der Waals surface area contributed by atoms with Crippen LogP contribution in [0.4, 0.5) is 0 Å². The lowest BCUT2D eigenvalue weighted by Crippen LogP contribution is -2.37. The molecule has 80 valence electrons. The van der Waals surface area contributed by atoms with Gasteiger partial charge in [-0.1, -0.05) is 20.8 Å². The van der Waals surface area contributed by atoms with E-state index in [1.165, 1.54) is 12.8 Å². The van der Waals surface area contributed by atoms with Gasteiger partial charge in [-0.3, -0.25) is 4.79 Å². The van der Waals surface area contributed by atoms with E-state index in [4.69, 9.17) is 0 Å². The van der Waals surface area contributed by atoms with Crippen molar-refractivity contribution >= 4 is 5.91 Å². The zero-order valence-electron chi connectivity index (χ0n) is 9.47. The van der Waals surface area contributed by atoms with Gasteiger partial charge in [0.25, 0.3) is 0 Å². The molecule has 1 aliphatic carbocycles. The molecule has 14 heavy (non-hydrogen) atoms. The summed E-state index contributed by atoms with van der Waals surface area (Å²) in [5.74, 6) is 1.76. The van der Waals surface area contributed by atoms with Crippen molar-refractivity contribution in [1.82, 2.24) is 5.32 Å². The van der Waals surface area contributed by atoms with E-state index in [0.717, 1.165) is 18.8 Å². The Morgan fingerprint density at radius 1 is 1.50 bits per heavy atom. The highest BCUT2D eigenvalue weighted by molar-refractivity contribution is 5.80. The standard InChI is InChI=1S/C12H21NO/c1-8(2)6-10-12(3,9-4-5-9)7-11(14)13-10/h8-10H,4-7H2,1-3H3,(H,13,14). The first-order valence-electron chi connectivity index (χ1n) is 5.81. The second-order valence-electron chi connectivity index (χ2n) is 5.71. The fourth-order valence-corrected chi connectivity index (χ4v) is 2.85. The first kappa shape index (κ1) is 10.0. The Morgan fingerprint density at radius 2 is 2.14 bits per heavy atom. The number of carbonyl (C=O) groups excluding carboxylic acids is 1. The molecule has 2 atom stereocenters. The molecule has 1 aliphatic heterocycles. The molecule has 0 aromatic carbocycles. The van der Waals surface area contributed by atoms with Crippen LogP contribution in [0.15, 0.2) is 0 Å². The van der Waals surface area contributed by atoms with Gasteiger partial charge in [-0.05, 0) is 36.5 Å². The summed E-state index contributed by atoms with van der Waals surface area (Å²) >= 11 is 0. The summed E-state index contributed by atoms with van der Waals surface area (Å²) < 4.78 is 0. The van der Waals surface area contributed by atoms with E-state index < -0.39 is 0 Å². The van der Waals surface area contributed by atoms with Crippen molar-refractivity contribution in [2.75, 3.05) is 0 Å². The highest BCUT2D eigenvalue weighted by Crippen LogP contribution is 2.52. The molecular formula is C12H21NO. The lowest BCUT2D eigenvalue weighted by atomic mass is 9.75. The fourth-order valence-electron chi connectivity index (χ4n) is 2.85. The number of hydrogen-bond donors (Lipinski definition) is 1.